The molecule has 0 N–H and O–H groups in total. The summed E-state index contributed by atoms with van der Waals surface area (Å²) in [5.74, 6) is 0.229. The van der Waals surface area contributed by atoms with Crippen LogP contribution in [0.5, 0.6) is 0 Å². The van der Waals surface area contributed by atoms with Crippen LogP contribution in [0.25, 0.3) is 10.9 Å². The van der Waals surface area contributed by atoms with Crippen molar-refractivity contribution in [3.63, 3.8) is 0 Å². The Balaban J connectivity index is 2.00. The number of hydrogen-bond donors (Lipinski definition) is 0. The third-order valence-electron chi connectivity index (χ3n) is 3.58. The molecule has 3 rings (SSSR count). The molecule has 2 heterocycles. The van der Waals surface area contributed by atoms with Gasteiger partial charge in [-0.2, -0.15) is 5.10 Å². The minimum atomic E-state index is 0.0667. The van der Waals surface area contributed by atoms with Crippen molar-refractivity contribution in [1.82, 2.24) is 9.78 Å². The summed E-state index contributed by atoms with van der Waals surface area (Å²) in [5, 5.41) is 5.35. The molecule has 1 aromatic carbocycles. The summed E-state index contributed by atoms with van der Waals surface area (Å²) in [5.41, 5.74) is 1.62. The standard InChI is InChI=1S/C14H16N2O2/c1-16-12-5-3-2-4-11(12)13(15-16)14(17)10-6-8-18-9-7-10/h2-5,10H,6-9H2,1H3. The van der Waals surface area contributed by atoms with Crippen LogP contribution >= 0.6 is 0 Å². The van der Waals surface area contributed by atoms with E-state index in [0.29, 0.717) is 18.9 Å². The third kappa shape index (κ3) is 1.82. The Labute approximate surface area is 106 Å². The maximum atomic E-state index is 12.5. The molecule has 0 saturated carbocycles. The first-order chi connectivity index (χ1) is 8.77. The maximum Gasteiger partial charge on any atom is 0.186 e. The topological polar surface area (TPSA) is 44.1 Å². The number of carbonyl (C=O) groups is 1. The van der Waals surface area contributed by atoms with Crippen LogP contribution in [-0.4, -0.2) is 28.8 Å². The van der Waals surface area contributed by atoms with Crippen LogP contribution in [0.15, 0.2) is 24.3 Å². The molecule has 0 amide bonds. The largest absolute Gasteiger partial charge is 0.381 e. The van der Waals surface area contributed by atoms with E-state index in [-0.39, 0.29) is 11.7 Å². The lowest BCUT2D eigenvalue weighted by Gasteiger charge is -2.19. The van der Waals surface area contributed by atoms with Crippen molar-refractivity contribution in [3.8, 4) is 0 Å². The van der Waals surface area contributed by atoms with E-state index in [1.165, 1.54) is 0 Å². The first-order valence-corrected chi connectivity index (χ1v) is 6.31. The molecule has 4 heteroatoms. The van der Waals surface area contributed by atoms with Crippen molar-refractivity contribution in [2.75, 3.05) is 13.2 Å². The molecule has 18 heavy (non-hydrogen) atoms. The fourth-order valence-corrected chi connectivity index (χ4v) is 2.55. The van der Waals surface area contributed by atoms with Gasteiger partial charge in [0.25, 0.3) is 0 Å². The summed E-state index contributed by atoms with van der Waals surface area (Å²) in [6.45, 7) is 1.36. The van der Waals surface area contributed by atoms with Gasteiger partial charge in [0.1, 0.15) is 5.69 Å². The van der Waals surface area contributed by atoms with Gasteiger partial charge >= 0.3 is 0 Å². The number of nitrogens with zero attached hydrogens (tertiary/aromatic N) is 2. The number of aromatic nitrogens is 2. The van der Waals surface area contributed by atoms with Gasteiger partial charge in [-0.1, -0.05) is 18.2 Å². The molecule has 1 aliphatic heterocycles. The Kier molecular flexibility index (Phi) is 2.88. The molecule has 0 spiro atoms. The Morgan fingerprint density at radius 1 is 1.33 bits per heavy atom. The van der Waals surface area contributed by atoms with Gasteiger partial charge < -0.3 is 4.74 Å². The van der Waals surface area contributed by atoms with Gasteiger partial charge in [0.15, 0.2) is 5.78 Å². The molecule has 1 aliphatic rings. The quantitative estimate of drug-likeness (QED) is 0.760. The molecular formula is C14H16N2O2. The van der Waals surface area contributed by atoms with Crippen LogP contribution in [0.4, 0.5) is 0 Å². The molecule has 4 nitrogen and oxygen atoms in total. The number of hydrogen-bond acceptors (Lipinski definition) is 3. The molecule has 0 bridgehead atoms. The zero-order valence-corrected chi connectivity index (χ0v) is 10.4. The van der Waals surface area contributed by atoms with Crippen molar-refractivity contribution in [2.24, 2.45) is 13.0 Å². The Bertz CT molecular complexity index is 582. The molecule has 0 radical (unpaired) electrons. The fraction of sp³-hybridized carbons (Fsp3) is 0.429. The van der Waals surface area contributed by atoms with Crippen molar-refractivity contribution in [1.29, 1.82) is 0 Å². The predicted molar refractivity (Wildman–Crippen MR) is 68.6 cm³/mol. The van der Waals surface area contributed by atoms with Crippen LogP contribution in [-0.2, 0) is 11.8 Å². The fourth-order valence-electron chi connectivity index (χ4n) is 2.55. The molecule has 1 fully saturated rings. The molecule has 0 unspecified atom stereocenters. The van der Waals surface area contributed by atoms with Crippen molar-refractivity contribution >= 4 is 16.7 Å². The highest BCUT2D eigenvalue weighted by Gasteiger charge is 2.26. The van der Waals surface area contributed by atoms with Crippen LogP contribution in [0.2, 0.25) is 0 Å². The van der Waals surface area contributed by atoms with E-state index in [0.717, 1.165) is 23.7 Å². The number of benzene rings is 1. The maximum absolute atomic E-state index is 12.5. The summed E-state index contributed by atoms with van der Waals surface area (Å²) < 4.78 is 7.08. The van der Waals surface area contributed by atoms with Crippen LogP contribution in [0.1, 0.15) is 23.3 Å². The number of para-hydroxylation sites is 1. The second-order valence-electron chi connectivity index (χ2n) is 4.74. The number of Topliss-reactive ketones (excluding diaryl/α,β-unsaturated/α-hetero) is 1. The number of ether oxygens (including phenoxy) is 1. The van der Waals surface area contributed by atoms with Crippen LogP contribution < -0.4 is 0 Å². The molecular weight excluding hydrogens is 228 g/mol. The molecule has 2 aromatic rings. The van der Waals surface area contributed by atoms with Gasteiger partial charge in [0.05, 0.1) is 5.52 Å². The number of aryl methyl sites for hydroxylation is 1. The second-order valence-corrected chi connectivity index (χ2v) is 4.74. The Hall–Kier alpha value is -1.68. The summed E-state index contributed by atoms with van der Waals surface area (Å²) in [6, 6.07) is 7.87. The zero-order chi connectivity index (χ0) is 12.5. The average Bonchev–Trinajstić information content (AvgIpc) is 2.77. The van der Waals surface area contributed by atoms with E-state index in [1.54, 1.807) is 4.68 Å². The van der Waals surface area contributed by atoms with E-state index in [1.807, 2.05) is 31.3 Å². The smallest absolute Gasteiger partial charge is 0.186 e. The van der Waals surface area contributed by atoms with Gasteiger partial charge in [-0.25, -0.2) is 0 Å². The Morgan fingerprint density at radius 3 is 2.83 bits per heavy atom. The molecule has 1 saturated heterocycles. The average molecular weight is 244 g/mol. The summed E-state index contributed by atoms with van der Waals surface area (Å²) in [4.78, 5) is 12.5. The van der Waals surface area contributed by atoms with E-state index < -0.39 is 0 Å². The number of fused-ring (bicyclic) bond motifs is 1. The van der Waals surface area contributed by atoms with Gasteiger partial charge in [-0.3, -0.25) is 9.48 Å². The summed E-state index contributed by atoms with van der Waals surface area (Å²) in [7, 11) is 1.88. The third-order valence-corrected chi connectivity index (χ3v) is 3.58. The molecule has 94 valence electrons. The van der Waals surface area contributed by atoms with Gasteiger partial charge in [0, 0.05) is 31.6 Å². The van der Waals surface area contributed by atoms with E-state index in [2.05, 4.69) is 5.10 Å². The highest BCUT2D eigenvalue weighted by Crippen LogP contribution is 2.24. The van der Waals surface area contributed by atoms with E-state index in [4.69, 9.17) is 4.74 Å². The van der Waals surface area contributed by atoms with Gasteiger partial charge in [-0.15, -0.1) is 0 Å². The monoisotopic (exact) mass is 244 g/mol. The molecule has 1 aromatic heterocycles. The van der Waals surface area contributed by atoms with Crippen molar-refractivity contribution in [3.05, 3.63) is 30.0 Å². The molecule has 0 atom stereocenters. The first kappa shape index (κ1) is 11.4. The number of ketones is 1. The number of rotatable bonds is 2. The lowest BCUT2D eigenvalue weighted by molar-refractivity contribution is 0.0542. The summed E-state index contributed by atoms with van der Waals surface area (Å²) in [6.07, 6.45) is 1.62. The lowest BCUT2D eigenvalue weighted by Crippen LogP contribution is -2.24. The Morgan fingerprint density at radius 2 is 2.06 bits per heavy atom. The van der Waals surface area contributed by atoms with Crippen LogP contribution in [0, 0.1) is 5.92 Å². The lowest BCUT2D eigenvalue weighted by atomic mass is 9.92. The zero-order valence-electron chi connectivity index (χ0n) is 10.4. The SMILES string of the molecule is Cn1nc(C(=O)C2CCOCC2)c2ccccc21. The minimum Gasteiger partial charge on any atom is -0.381 e. The molecule has 0 aliphatic carbocycles. The summed E-state index contributed by atoms with van der Waals surface area (Å²) >= 11 is 0. The van der Waals surface area contributed by atoms with Gasteiger partial charge in [0.2, 0.25) is 0 Å². The second kappa shape index (κ2) is 4.53. The van der Waals surface area contributed by atoms with Crippen LogP contribution in [0.3, 0.4) is 0 Å². The first-order valence-electron chi connectivity index (χ1n) is 6.31. The van der Waals surface area contributed by atoms with Crippen molar-refractivity contribution in [2.45, 2.75) is 12.8 Å². The van der Waals surface area contributed by atoms with E-state index >= 15 is 0 Å². The normalized spacial score (nSPS) is 17.2. The predicted octanol–water partition coefficient (Wildman–Crippen LogP) is 2.18. The highest BCUT2D eigenvalue weighted by molar-refractivity contribution is 6.07. The minimum absolute atomic E-state index is 0.0667. The number of carbonyl (C=O) groups excluding carboxylic acids is 1. The van der Waals surface area contributed by atoms with Gasteiger partial charge in [-0.05, 0) is 18.9 Å². The van der Waals surface area contributed by atoms with Crippen molar-refractivity contribution < 1.29 is 9.53 Å². The highest BCUT2D eigenvalue weighted by atomic mass is 16.5. The van der Waals surface area contributed by atoms with E-state index in [9.17, 15) is 4.79 Å².